The van der Waals surface area contributed by atoms with E-state index in [0.717, 1.165) is 36.4 Å². The lowest BCUT2D eigenvalue weighted by Crippen LogP contribution is -2.52. The Kier molecular flexibility index (Phi) is 3.91. The van der Waals surface area contributed by atoms with Gasteiger partial charge in [0, 0.05) is 18.6 Å². The highest BCUT2D eigenvalue weighted by Crippen LogP contribution is 2.36. The third kappa shape index (κ3) is 2.28. The van der Waals surface area contributed by atoms with E-state index in [1.54, 1.807) is 0 Å². The predicted molar refractivity (Wildman–Crippen MR) is 69.3 cm³/mol. The molecule has 2 N–H and O–H groups in total. The zero-order chi connectivity index (χ0) is 11.7. The molecule has 2 aliphatic rings. The molecule has 0 bridgehead atoms. The predicted octanol–water partition coefficient (Wildman–Crippen LogP) is 2.48. The highest BCUT2D eigenvalue weighted by atomic mass is 15.2. The lowest BCUT2D eigenvalue weighted by atomic mass is 9.84. The van der Waals surface area contributed by atoms with E-state index in [1.165, 1.54) is 32.2 Å². The third-order valence-electron chi connectivity index (χ3n) is 4.99. The summed E-state index contributed by atoms with van der Waals surface area (Å²) in [5.41, 5.74) is 5.92. The van der Waals surface area contributed by atoms with Crippen molar-refractivity contribution in [1.29, 1.82) is 0 Å². The van der Waals surface area contributed by atoms with E-state index < -0.39 is 0 Å². The fourth-order valence-corrected chi connectivity index (χ4v) is 3.93. The molecular weight excluding hydrogens is 196 g/mol. The summed E-state index contributed by atoms with van der Waals surface area (Å²) in [4.78, 5) is 2.78. The van der Waals surface area contributed by atoms with E-state index >= 15 is 0 Å². The van der Waals surface area contributed by atoms with Crippen LogP contribution in [0.25, 0.3) is 0 Å². The number of hydrogen-bond acceptors (Lipinski definition) is 2. The first-order valence-electron chi connectivity index (χ1n) is 7.09. The van der Waals surface area contributed by atoms with Crippen molar-refractivity contribution in [1.82, 2.24) is 4.90 Å². The maximum Gasteiger partial charge on any atom is 0.0139 e. The van der Waals surface area contributed by atoms with E-state index in [4.69, 9.17) is 5.73 Å². The number of rotatable bonds is 2. The zero-order valence-corrected chi connectivity index (χ0v) is 11.2. The lowest BCUT2D eigenvalue weighted by molar-refractivity contribution is 0.0268. The molecule has 2 rings (SSSR count). The summed E-state index contributed by atoms with van der Waals surface area (Å²) >= 11 is 0. The quantitative estimate of drug-likeness (QED) is 0.781. The minimum Gasteiger partial charge on any atom is -0.330 e. The summed E-state index contributed by atoms with van der Waals surface area (Å²) in [5, 5.41) is 0. The first kappa shape index (κ1) is 12.4. The Hall–Kier alpha value is -0.0800. The summed E-state index contributed by atoms with van der Waals surface area (Å²) in [6.07, 6.45) is 5.52. The van der Waals surface area contributed by atoms with Crippen LogP contribution in [-0.2, 0) is 0 Å². The molecule has 5 unspecified atom stereocenters. The van der Waals surface area contributed by atoms with Gasteiger partial charge in [0.05, 0.1) is 0 Å². The molecule has 2 fully saturated rings. The molecule has 94 valence electrons. The second kappa shape index (κ2) is 5.05. The SMILES string of the molecule is CC1CC(C)C(C)N(C2CCCC2CN)C1. The molecule has 5 atom stereocenters. The highest BCUT2D eigenvalue weighted by molar-refractivity contribution is 4.92. The molecule has 1 saturated carbocycles. The molecule has 0 amide bonds. The summed E-state index contributed by atoms with van der Waals surface area (Å²) < 4.78 is 0. The van der Waals surface area contributed by atoms with Gasteiger partial charge < -0.3 is 5.73 Å². The molecular formula is C14H28N2. The Morgan fingerprint density at radius 3 is 2.62 bits per heavy atom. The van der Waals surface area contributed by atoms with Crippen molar-refractivity contribution >= 4 is 0 Å². The van der Waals surface area contributed by atoms with Gasteiger partial charge in [-0.2, -0.15) is 0 Å². The van der Waals surface area contributed by atoms with Crippen molar-refractivity contribution in [2.45, 2.75) is 58.5 Å². The van der Waals surface area contributed by atoms with Crippen LogP contribution in [0, 0.1) is 17.8 Å². The smallest absolute Gasteiger partial charge is 0.0139 e. The van der Waals surface area contributed by atoms with Crippen molar-refractivity contribution < 1.29 is 0 Å². The molecule has 2 nitrogen and oxygen atoms in total. The number of nitrogens with zero attached hydrogens (tertiary/aromatic N) is 1. The number of piperidine rings is 1. The van der Waals surface area contributed by atoms with Crippen molar-refractivity contribution in [2.75, 3.05) is 13.1 Å². The van der Waals surface area contributed by atoms with Crippen molar-refractivity contribution in [3.8, 4) is 0 Å². The lowest BCUT2D eigenvalue weighted by Gasteiger charge is -2.46. The molecule has 0 radical (unpaired) electrons. The van der Waals surface area contributed by atoms with Crippen LogP contribution < -0.4 is 5.73 Å². The average Bonchev–Trinajstić information content (AvgIpc) is 2.71. The van der Waals surface area contributed by atoms with E-state index in [-0.39, 0.29) is 0 Å². The molecule has 0 aromatic heterocycles. The maximum absolute atomic E-state index is 5.92. The molecule has 0 aromatic rings. The van der Waals surface area contributed by atoms with Gasteiger partial charge in [-0.25, -0.2) is 0 Å². The van der Waals surface area contributed by atoms with Crippen molar-refractivity contribution in [3.63, 3.8) is 0 Å². The van der Waals surface area contributed by atoms with Gasteiger partial charge in [0.1, 0.15) is 0 Å². The van der Waals surface area contributed by atoms with Crippen LogP contribution in [0.3, 0.4) is 0 Å². The Morgan fingerprint density at radius 1 is 1.19 bits per heavy atom. The fourth-order valence-electron chi connectivity index (χ4n) is 3.93. The van der Waals surface area contributed by atoms with Crippen LogP contribution in [0.15, 0.2) is 0 Å². The third-order valence-corrected chi connectivity index (χ3v) is 4.99. The van der Waals surface area contributed by atoms with Crippen LogP contribution >= 0.6 is 0 Å². The Morgan fingerprint density at radius 2 is 1.94 bits per heavy atom. The van der Waals surface area contributed by atoms with Gasteiger partial charge >= 0.3 is 0 Å². The van der Waals surface area contributed by atoms with E-state index in [0.29, 0.717) is 0 Å². The first-order valence-corrected chi connectivity index (χ1v) is 7.09. The minimum atomic E-state index is 0.758. The zero-order valence-electron chi connectivity index (χ0n) is 11.2. The fraction of sp³-hybridized carbons (Fsp3) is 1.00. The number of likely N-dealkylation sites (tertiary alicyclic amines) is 1. The van der Waals surface area contributed by atoms with Crippen LogP contribution in [0.1, 0.15) is 46.5 Å². The Labute approximate surface area is 101 Å². The second-order valence-corrected chi connectivity index (χ2v) is 6.25. The summed E-state index contributed by atoms with van der Waals surface area (Å²) in [6.45, 7) is 9.42. The van der Waals surface area contributed by atoms with E-state index in [1.807, 2.05) is 0 Å². The largest absolute Gasteiger partial charge is 0.330 e. The average molecular weight is 224 g/mol. The highest BCUT2D eigenvalue weighted by Gasteiger charge is 2.38. The van der Waals surface area contributed by atoms with Gasteiger partial charge in [-0.3, -0.25) is 4.90 Å². The number of nitrogens with two attached hydrogens (primary N) is 1. The van der Waals surface area contributed by atoms with Gasteiger partial charge in [0.15, 0.2) is 0 Å². The number of hydrogen-bond donors (Lipinski definition) is 1. The summed E-state index contributed by atoms with van der Waals surface area (Å²) in [6, 6.07) is 1.54. The summed E-state index contributed by atoms with van der Waals surface area (Å²) in [5.74, 6) is 2.48. The molecule has 0 aromatic carbocycles. The molecule has 1 saturated heterocycles. The Balaban J connectivity index is 2.06. The van der Waals surface area contributed by atoms with E-state index in [2.05, 4.69) is 25.7 Å². The first-order chi connectivity index (χ1) is 7.63. The standard InChI is InChI=1S/C14H28N2/c1-10-7-11(2)12(3)16(9-10)14-6-4-5-13(14)8-15/h10-14H,4-9,15H2,1-3H3. The minimum absolute atomic E-state index is 0.758. The molecule has 1 aliphatic carbocycles. The van der Waals surface area contributed by atoms with Gasteiger partial charge in [0.25, 0.3) is 0 Å². The van der Waals surface area contributed by atoms with Gasteiger partial charge in [-0.05, 0) is 50.5 Å². The van der Waals surface area contributed by atoms with Gasteiger partial charge in [0.2, 0.25) is 0 Å². The van der Waals surface area contributed by atoms with Crippen LogP contribution in [0.5, 0.6) is 0 Å². The van der Waals surface area contributed by atoms with Crippen LogP contribution in [-0.4, -0.2) is 30.1 Å². The second-order valence-electron chi connectivity index (χ2n) is 6.25. The normalized spacial score (nSPS) is 46.1. The molecule has 1 heterocycles. The van der Waals surface area contributed by atoms with Crippen LogP contribution in [0.4, 0.5) is 0 Å². The molecule has 1 aliphatic heterocycles. The van der Waals surface area contributed by atoms with Gasteiger partial charge in [-0.1, -0.05) is 20.3 Å². The topological polar surface area (TPSA) is 29.3 Å². The Bertz CT molecular complexity index is 229. The van der Waals surface area contributed by atoms with Crippen LogP contribution in [0.2, 0.25) is 0 Å². The molecule has 2 heteroatoms. The summed E-state index contributed by atoms with van der Waals surface area (Å²) in [7, 11) is 0. The molecule has 16 heavy (non-hydrogen) atoms. The maximum atomic E-state index is 5.92. The monoisotopic (exact) mass is 224 g/mol. The van der Waals surface area contributed by atoms with Crippen molar-refractivity contribution in [3.05, 3.63) is 0 Å². The van der Waals surface area contributed by atoms with E-state index in [9.17, 15) is 0 Å². The van der Waals surface area contributed by atoms with Crippen molar-refractivity contribution in [2.24, 2.45) is 23.5 Å². The van der Waals surface area contributed by atoms with Gasteiger partial charge in [-0.15, -0.1) is 0 Å². The molecule has 0 spiro atoms.